The Bertz CT molecular complexity index is 665. The van der Waals surface area contributed by atoms with Crippen LogP contribution in [-0.4, -0.2) is 30.9 Å². The smallest absolute Gasteiger partial charge is 0.153 e. The van der Waals surface area contributed by atoms with Gasteiger partial charge in [-0.25, -0.2) is 9.67 Å². The van der Waals surface area contributed by atoms with Crippen molar-refractivity contribution in [1.29, 1.82) is 0 Å². The topological polar surface area (TPSA) is 75.9 Å². The van der Waals surface area contributed by atoms with Crippen LogP contribution in [0.1, 0.15) is 49.2 Å². The summed E-state index contributed by atoms with van der Waals surface area (Å²) in [5.41, 5.74) is 1.62. The molecule has 0 amide bonds. The molecule has 0 aromatic carbocycles. The largest absolute Gasteiger partial charge is 0.506 e. The van der Waals surface area contributed by atoms with Crippen molar-refractivity contribution in [1.82, 2.24) is 25.1 Å². The first-order valence-corrected chi connectivity index (χ1v) is 7.85. The van der Waals surface area contributed by atoms with Gasteiger partial charge >= 0.3 is 0 Å². The van der Waals surface area contributed by atoms with E-state index >= 15 is 0 Å². The van der Waals surface area contributed by atoms with E-state index in [1.165, 1.54) is 0 Å². The number of hydrogen-bond acceptors (Lipinski definition) is 5. The minimum absolute atomic E-state index is 0.248. The van der Waals surface area contributed by atoms with Crippen LogP contribution in [-0.2, 0) is 19.5 Å². The van der Waals surface area contributed by atoms with Gasteiger partial charge in [0.25, 0.3) is 0 Å². The first-order chi connectivity index (χ1) is 10.5. The maximum atomic E-state index is 9.86. The number of fused-ring (bicyclic) bond motifs is 1. The molecule has 0 saturated heterocycles. The molecule has 1 aliphatic rings. The molecule has 118 valence electrons. The van der Waals surface area contributed by atoms with E-state index in [1.807, 2.05) is 17.7 Å². The summed E-state index contributed by atoms with van der Waals surface area (Å²) in [6, 6.07) is 3.84. The fraction of sp³-hybridized carbons (Fsp3) is 0.562. The molecule has 22 heavy (non-hydrogen) atoms. The third-order valence-corrected chi connectivity index (χ3v) is 4.04. The second-order valence-corrected chi connectivity index (χ2v) is 6.26. The van der Waals surface area contributed by atoms with Crippen LogP contribution in [0.2, 0.25) is 0 Å². The quantitative estimate of drug-likeness (QED) is 0.902. The fourth-order valence-electron chi connectivity index (χ4n) is 2.71. The molecule has 3 rings (SSSR count). The van der Waals surface area contributed by atoms with E-state index in [9.17, 15) is 5.11 Å². The zero-order chi connectivity index (χ0) is 15.7. The average Bonchev–Trinajstić information content (AvgIpc) is 2.91. The predicted octanol–water partition coefficient (Wildman–Crippen LogP) is 1.92. The van der Waals surface area contributed by atoms with Crippen LogP contribution in [0.4, 0.5) is 0 Å². The van der Waals surface area contributed by atoms with Gasteiger partial charge < -0.3 is 10.4 Å². The molecule has 0 radical (unpaired) electrons. The van der Waals surface area contributed by atoms with Crippen LogP contribution < -0.4 is 5.32 Å². The van der Waals surface area contributed by atoms with E-state index in [0.717, 1.165) is 36.7 Å². The van der Waals surface area contributed by atoms with Gasteiger partial charge in [-0.15, -0.1) is 0 Å². The van der Waals surface area contributed by atoms with Gasteiger partial charge in [-0.1, -0.05) is 13.8 Å². The molecule has 0 bridgehead atoms. The standard InChI is InChI=1S/C16H23N5O/c1-10(2)16-19-15-7-5-12(9-21(15)20-16)17-8-13-14(22)6-4-11(3)18-13/h4,6,10,12,17,22H,5,7-9H2,1-3H3. The highest BCUT2D eigenvalue weighted by molar-refractivity contribution is 5.27. The summed E-state index contributed by atoms with van der Waals surface area (Å²) in [6.07, 6.45) is 1.97. The maximum absolute atomic E-state index is 9.86. The van der Waals surface area contributed by atoms with E-state index < -0.39 is 0 Å². The van der Waals surface area contributed by atoms with Crippen LogP contribution >= 0.6 is 0 Å². The number of nitrogens with zero attached hydrogens (tertiary/aromatic N) is 4. The second kappa shape index (κ2) is 6.04. The van der Waals surface area contributed by atoms with Crippen LogP contribution in [0.5, 0.6) is 5.75 Å². The lowest BCUT2D eigenvalue weighted by Gasteiger charge is -2.23. The molecule has 1 atom stereocenters. The van der Waals surface area contributed by atoms with Gasteiger partial charge in [0, 0.05) is 30.6 Å². The normalized spacial score (nSPS) is 17.7. The SMILES string of the molecule is Cc1ccc(O)c(CNC2CCc3nc(C(C)C)nn3C2)n1. The van der Waals surface area contributed by atoms with Gasteiger partial charge in [0.1, 0.15) is 11.6 Å². The van der Waals surface area contributed by atoms with Crippen LogP contribution in [0.25, 0.3) is 0 Å². The highest BCUT2D eigenvalue weighted by atomic mass is 16.3. The summed E-state index contributed by atoms with van der Waals surface area (Å²) in [5.74, 6) is 2.61. The van der Waals surface area contributed by atoms with Crippen LogP contribution in [0.15, 0.2) is 12.1 Å². The Balaban J connectivity index is 1.64. The molecule has 0 aliphatic carbocycles. The first-order valence-electron chi connectivity index (χ1n) is 7.85. The van der Waals surface area contributed by atoms with Gasteiger partial charge in [-0.2, -0.15) is 5.10 Å². The summed E-state index contributed by atoms with van der Waals surface area (Å²) in [6.45, 7) is 7.55. The molecule has 0 saturated carbocycles. The number of rotatable bonds is 4. The third kappa shape index (κ3) is 3.11. The number of aromatic hydroxyl groups is 1. The molecular weight excluding hydrogens is 278 g/mol. The zero-order valence-corrected chi connectivity index (χ0v) is 13.4. The van der Waals surface area contributed by atoms with Crippen LogP contribution in [0, 0.1) is 6.92 Å². The molecule has 1 unspecified atom stereocenters. The van der Waals surface area contributed by atoms with Gasteiger partial charge in [0.05, 0.1) is 12.2 Å². The minimum Gasteiger partial charge on any atom is -0.506 e. The van der Waals surface area contributed by atoms with E-state index in [0.29, 0.717) is 24.2 Å². The monoisotopic (exact) mass is 301 g/mol. The van der Waals surface area contributed by atoms with Gasteiger partial charge in [-0.3, -0.25) is 4.98 Å². The summed E-state index contributed by atoms with van der Waals surface area (Å²) >= 11 is 0. The van der Waals surface area contributed by atoms with Crippen molar-refractivity contribution in [2.45, 2.75) is 58.7 Å². The van der Waals surface area contributed by atoms with Crippen molar-refractivity contribution >= 4 is 0 Å². The highest BCUT2D eigenvalue weighted by Crippen LogP contribution is 2.18. The maximum Gasteiger partial charge on any atom is 0.153 e. The molecule has 0 fully saturated rings. The predicted molar refractivity (Wildman–Crippen MR) is 83.7 cm³/mol. The lowest BCUT2D eigenvalue weighted by atomic mass is 10.1. The summed E-state index contributed by atoms with van der Waals surface area (Å²) < 4.78 is 2.01. The number of pyridine rings is 1. The number of aromatic nitrogens is 4. The summed E-state index contributed by atoms with van der Waals surface area (Å²) in [5, 5.41) is 17.9. The van der Waals surface area contributed by atoms with Crippen molar-refractivity contribution in [3.8, 4) is 5.75 Å². The van der Waals surface area contributed by atoms with E-state index in [2.05, 4.69) is 34.2 Å². The van der Waals surface area contributed by atoms with Crippen molar-refractivity contribution in [3.05, 3.63) is 35.2 Å². The molecule has 3 heterocycles. The van der Waals surface area contributed by atoms with E-state index in [-0.39, 0.29) is 5.75 Å². The summed E-state index contributed by atoms with van der Waals surface area (Å²) in [7, 11) is 0. The van der Waals surface area contributed by atoms with Crippen molar-refractivity contribution in [3.63, 3.8) is 0 Å². The van der Waals surface area contributed by atoms with Crippen LogP contribution in [0.3, 0.4) is 0 Å². The Labute approximate surface area is 130 Å². The molecule has 6 heteroatoms. The molecule has 1 aliphatic heterocycles. The number of nitrogens with one attached hydrogen (secondary N) is 1. The fourth-order valence-corrected chi connectivity index (χ4v) is 2.71. The Hall–Kier alpha value is -1.95. The highest BCUT2D eigenvalue weighted by Gasteiger charge is 2.22. The Morgan fingerprint density at radius 2 is 2.18 bits per heavy atom. The number of aryl methyl sites for hydroxylation is 2. The lowest BCUT2D eigenvalue weighted by Crippen LogP contribution is -2.37. The Morgan fingerprint density at radius 1 is 1.36 bits per heavy atom. The molecule has 2 aromatic rings. The zero-order valence-electron chi connectivity index (χ0n) is 13.4. The minimum atomic E-state index is 0.248. The average molecular weight is 301 g/mol. The number of hydrogen-bond donors (Lipinski definition) is 2. The van der Waals surface area contributed by atoms with Crippen molar-refractivity contribution in [2.24, 2.45) is 0 Å². The third-order valence-electron chi connectivity index (χ3n) is 4.04. The van der Waals surface area contributed by atoms with Gasteiger partial charge in [-0.05, 0) is 25.5 Å². The molecule has 2 aromatic heterocycles. The molecule has 2 N–H and O–H groups in total. The van der Waals surface area contributed by atoms with Crippen molar-refractivity contribution in [2.75, 3.05) is 0 Å². The second-order valence-electron chi connectivity index (χ2n) is 6.26. The van der Waals surface area contributed by atoms with E-state index in [1.54, 1.807) is 6.07 Å². The lowest BCUT2D eigenvalue weighted by molar-refractivity contribution is 0.352. The molecule has 6 nitrogen and oxygen atoms in total. The first kappa shape index (κ1) is 15.0. The van der Waals surface area contributed by atoms with Crippen molar-refractivity contribution < 1.29 is 5.11 Å². The van der Waals surface area contributed by atoms with Gasteiger partial charge in [0.2, 0.25) is 0 Å². The Morgan fingerprint density at radius 3 is 2.95 bits per heavy atom. The Kier molecular flexibility index (Phi) is 4.11. The summed E-state index contributed by atoms with van der Waals surface area (Å²) in [4.78, 5) is 8.98. The molecule has 0 spiro atoms. The van der Waals surface area contributed by atoms with E-state index in [4.69, 9.17) is 0 Å². The van der Waals surface area contributed by atoms with Gasteiger partial charge in [0.15, 0.2) is 5.82 Å². The molecular formula is C16H23N5O.